The predicted molar refractivity (Wildman–Crippen MR) is 123 cm³/mol. The van der Waals surface area contributed by atoms with Crippen LogP contribution in [-0.4, -0.2) is 32.3 Å². The van der Waals surface area contributed by atoms with Crippen LogP contribution in [0.25, 0.3) is 10.9 Å². The van der Waals surface area contributed by atoms with E-state index in [9.17, 15) is 9.59 Å². The van der Waals surface area contributed by atoms with Gasteiger partial charge in [0.15, 0.2) is 0 Å². The molecule has 0 bridgehead atoms. The van der Waals surface area contributed by atoms with Gasteiger partial charge in [0, 0.05) is 41.5 Å². The first-order valence-corrected chi connectivity index (χ1v) is 10.7. The molecule has 0 aliphatic carbocycles. The van der Waals surface area contributed by atoms with Crippen molar-refractivity contribution >= 4 is 22.7 Å². The number of carbonyl (C=O) groups excluding carboxylic acids is 2. The lowest BCUT2D eigenvalue weighted by Crippen LogP contribution is -2.46. The average Bonchev–Trinajstić information content (AvgIpc) is 3.32. The van der Waals surface area contributed by atoms with Crippen molar-refractivity contribution in [1.82, 2.24) is 19.8 Å². The molecule has 4 aromatic rings. The van der Waals surface area contributed by atoms with E-state index in [-0.39, 0.29) is 17.9 Å². The number of para-hydroxylation sites is 1. The smallest absolute Gasteiger partial charge is 0.255 e. The second-order valence-electron chi connectivity index (χ2n) is 8.13. The number of rotatable bonds is 5. The van der Waals surface area contributed by atoms with E-state index in [4.69, 9.17) is 0 Å². The van der Waals surface area contributed by atoms with Crippen molar-refractivity contribution in [2.75, 3.05) is 0 Å². The molecule has 0 radical (unpaired) electrons. The first kappa shape index (κ1) is 20.0. The highest BCUT2D eigenvalue weighted by molar-refractivity contribution is 6.03. The Labute approximate surface area is 186 Å². The number of nitrogens with one attached hydrogen (secondary N) is 1. The number of aryl methyl sites for hydroxylation is 1. The molecule has 0 spiro atoms. The number of nitrogens with zero attached hydrogens (tertiary/aromatic N) is 3. The van der Waals surface area contributed by atoms with Gasteiger partial charge >= 0.3 is 0 Å². The number of pyridine rings is 1. The molecular weight excluding hydrogens is 400 g/mol. The number of benzene rings is 2. The van der Waals surface area contributed by atoms with E-state index >= 15 is 0 Å². The lowest BCUT2D eigenvalue weighted by atomic mass is 9.97. The molecule has 2 aromatic carbocycles. The molecule has 32 heavy (non-hydrogen) atoms. The summed E-state index contributed by atoms with van der Waals surface area (Å²) in [5.74, 6) is -0.332. The van der Waals surface area contributed by atoms with Gasteiger partial charge in [-0.3, -0.25) is 14.6 Å². The van der Waals surface area contributed by atoms with Gasteiger partial charge in [-0.25, -0.2) is 0 Å². The zero-order valence-electron chi connectivity index (χ0n) is 18.0. The number of hydrogen-bond donors (Lipinski definition) is 1. The minimum atomic E-state index is -0.650. The summed E-state index contributed by atoms with van der Waals surface area (Å²) >= 11 is 0. The van der Waals surface area contributed by atoms with Crippen LogP contribution in [0.3, 0.4) is 0 Å². The van der Waals surface area contributed by atoms with Crippen LogP contribution in [-0.2, 0) is 18.4 Å². The molecule has 2 aromatic heterocycles. The SMILES string of the molecule is CC(C(=O)NCc1ccccn1)N1C(=O)c2ccccc2C1c1cn(C)c2ccccc12. The second-order valence-corrected chi connectivity index (χ2v) is 8.13. The van der Waals surface area contributed by atoms with Crippen LogP contribution in [0.4, 0.5) is 0 Å². The Morgan fingerprint density at radius 1 is 1.03 bits per heavy atom. The van der Waals surface area contributed by atoms with Crippen LogP contribution >= 0.6 is 0 Å². The molecule has 0 saturated heterocycles. The fourth-order valence-corrected chi connectivity index (χ4v) is 4.60. The number of aromatic nitrogens is 2. The summed E-state index contributed by atoms with van der Waals surface area (Å²) in [5, 5.41) is 4.02. The molecule has 160 valence electrons. The topological polar surface area (TPSA) is 67.2 Å². The summed E-state index contributed by atoms with van der Waals surface area (Å²) in [6.07, 6.45) is 3.76. The standard InChI is InChI=1S/C26H24N4O2/c1-17(25(31)28-15-18-9-7-8-14-27-18)30-24(20-11-3-4-12-21(20)26(30)32)22-16-29(2)23-13-6-5-10-19(22)23/h3-14,16-17,24H,15H2,1-2H3,(H,28,31). The first-order valence-electron chi connectivity index (χ1n) is 10.7. The highest BCUT2D eigenvalue weighted by atomic mass is 16.2. The zero-order chi connectivity index (χ0) is 22.2. The quantitative estimate of drug-likeness (QED) is 0.530. The Morgan fingerprint density at radius 3 is 2.59 bits per heavy atom. The minimum Gasteiger partial charge on any atom is -0.350 e. The normalized spacial score (nSPS) is 16.2. The maximum Gasteiger partial charge on any atom is 0.255 e. The molecule has 2 amide bonds. The number of carbonyl (C=O) groups is 2. The average molecular weight is 425 g/mol. The van der Waals surface area contributed by atoms with Crippen molar-refractivity contribution < 1.29 is 9.59 Å². The monoisotopic (exact) mass is 424 g/mol. The maximum atomic E-state index is 13.5. The Kier molecular flexibility index (Phi) is 4.98. The van der Waals surface area contributed by atoms with Crippen LogP contribution in [0.1, 0.15) is 40.1 Å². The molecule has 3 heterocycles. The van der Waals surface area contributed by atoms with E-state index in [1.54, 1.807) is 18.0 Å². The van der Waals surface area contributed by atoms with Gasteiger partial charge in [0.2, 0.25) is 5.91 Å². The van der Waals surface area contributed by atoms with Gasteiger partial charge in [-0.1, -0.05) is 42.5 Å². The van der Waals surface area contributed by atoms with E-state index in [0.717, 1.165) is 27.7 Å². The third-order valence-corrected chi connectivity index (χ3v) is 6.19. The Hall–Kier alpha value is -3.93. The van der Waals surface area contributed by atoms with E-state index in [1.165, 1.54) is 0 Å². The summed E-state index contributed by atoms with van der Waals surface area (Å²) in [5.41, 5.74) is 4.46. The number of fused-ring (bicyclic) bond motifs is 2. The van der Waals surface area contributed by atoms with E-state index < -0.39 is 6.04 Å². The van der Waals surface area contributed by atoms with Crippen molar-refractivity contribution in [3.8, 4) is 0 Å². The molecular formula is C26H24N4O2. The van der Waals surface area contributed by atoms with Crippen LogP contribution in [0, 0.1) is 0 Å². The molecule has 1 aliphatic heterocycles. The van der Waals surface area contributed by atoms with Gasteiger partial charge in [-0.05, 0) is 36.8 Å². The molecule has 6 nitrogen and oxygen atoms in total. The molecule has 1 N–H and O–H groups in total. The highest BCUT2D eigenvalue weighted by Gasteiger charge is 2.43. The van der Waals surface area contributed by atoms with Crippen LogP contribution < -0.4 is 5.32 Å². The van der Waals surface area contributed by atoms with Crippen molar-refractivity contribution in [3.05, 3.63) is 102 Å². The van der Waals surface area contributed by atoms with Crippen LogP contribution in [0.15, 0.2) is 79.1 Å². The molecule has 0 fully saturated rings. The summed E-state index contributed by atoms with van der Waals surface area (Å²) in [4.78, 5) is 32.5. The van der Waals surface area contributed by atoms with Crippen molar-refractivity contribution in [3.63, 3.8) is 0 Å². The van der Waals surface area contributed by atoms with Gasteiger partial charge in [0.05, 0.1) is 18.3 Å². The summed E-state index contributed by atoms with van der Waals surface area (Å²) in [6, 6.07) is 20.4. The van der Waals surface area contributed by atoms with Gasteiger partial charge in [0.25, 0.3) is 5.91 Å². The summed E-state index contributed by atoms with van der Waals surface area (Å²) < 4.78 is 2.07. The fraction of sp³-hybridized carbons (Fsp3) is 0.192. The first-order chi connectivity index (χ1) is 15.6. The van der Waals surface area contributed by atoms with Gasteiger partial charge in [-0.2, -0.15) is 0 Å². The summed E-state index contributed by atoms with van der Waals surface area (Å²) in [6.45, 7) is 2.10. The van der Waals surface area contributed by atoms with E-state index in [1.807, 2.05) is 61.6 Å². The molecule has 2 unspecified atom stereocenters. The largest absolute Gasteiger partial charge is 0.350 e. The molecule has 0 saturated carbocycles. The van der Waals surface area contributed by atoms with Crippen LogP contribution in [0.5, 0.6) is 0 Å². The lowest BCUT2D eigenvalue weighted by molar-refractivity contribution is -0.125. The summed E-state index contributed by atoms with van der Waals surface area (Å²) in [7, 11) is 2.00. The van der Waals surface area contributed by atoms with E-state index in [2.05, 4.69) is 33.2 Å². The number of amides is 2. The Bertz CT molecular complexity index is 1310. The highest BCUT2D eigenvalue weighted by Crippen LogP contribution is 2.42. The lowest BCUT2D eigenvalue weighted by Gasteiger charge is -2.30. The minimum absolute atomic E-state index is 0.126. The third-order valence-electron chi connectivity index (χ3n) is 6.19. The van der Waals surface area contributed by atoms with Gasteiger partial charge in [-0.15, -0.1) is 0 Å². The number of hydrogen-bond acceptors (Lipinski definition) is 3. The third kappa shape index (κ3) is 3.24. The van der Waals surface area contributed by atoms with Crippen molar-refractivity contribution in [2.45, 2.75) is 25.6 Å². The van der Waals surface area contributed by atoms with Gasteiger partial charge in [0.1, 0.15) is 6.04 Å². The van der Waals surface area contributed by atoms with Crippen LogP contribution in [0.2, 0.25) is 0 Å². The Balaban J connectivity index is 1.53. The maximum absolute atomic E-state index is 13.5. The van der Waals surface area contributed by atoms with Gasteiger partial charge < -0.3 is 14.8 Å². The molecule has 5 rings (SSSR count). The van der Waals surface area contributed by atoms with Crippen molar-refractivity contribution in [1.29, 1.82) is 0 Å². The second kappa shape index (κ2) is 7.96. The van der Waals surface area contributed by atoms with E-state index in [0.29, 0.717) is 12.1 Å². The molecule has 2 atom stereocenters. The molecule has 1 aliphatic rings. The predicted octanol–water partition coefficient (Wildman–Crippen LogP) is 3.82. The zero-order valence-corrected chi connectivity index (χ0v) is 18.0. The fourth-order valence-electron chi connectivity index (χ4n) is 4.60. The Morgan fingerprint density at radius 2 is 1.78 bits per heavy atom. The molecule has 6 heteroatoms. The van der Waals surface area contributed by atoms with Crippen molar-refractivity contribution in [2.24, 2.45) is 7.05 Å².